The molecule has 2 aromatic rings. The summed E-state index contributed by atoms with van der Waals surface area (Å²) in [6.45, 7) is 1.88. The molecule has 1 aliphatic rings. The third kappa shape index (κ3) is 2.22. The van der Waals surface area contributed by atoms with Gasteiger partial charge in [0.1, 0.15) is 0 Å². The Morgan fingerprint density at radius 2 is 2.15 bits per heavy atom. The first-order chi connectivity index (χ1) is 9.65. The maximum Gasteiger partial charge on any atom is 0.274 e. The first-order valence-electron chi connectivity index (χ1n) is 6.53. The lowest BCUT2D eigenvalue weighted by atomic mass is 9.99. The first kappa shape index (κ1) is 12.6. The predicted octanol–water partition coefficient (Wildman–Crippen LogP) is 0.126. The summed E-state index contributed by atoms with van der Waals surface area (Å²) >= 11 is 0. The average Bonchev–Trinajstić information content (AvgIpc) is 2.90. The fourth-order valence-electron chi connectivity index (χ4n) is 2.41. The minimum atomic E-state index is -0.269. The van der Waals surface area contributed by atoms with E-state index in [9.17, 15) is 9.59 Å². The second-order valence-electron chi connectivity index (χ2n) is 4.91. The van der Waals surface area contributed by atoms with Crippen LogP contribution < -0.4 is 10.6 Å². The van der Waals surface area contributed by atoms with Crippen molar-refractivity contribution in [3.8, 4) is 0 Å². The van der Waals surface area contributed by atoms with E-state index in [4.69, 9.17) is 0 Å². The molecular formula is C13H15N5O2. The lowest BCUT2D eigenvalue weighted by Crippen LogP contribution is -2.54. The van der Waals surface area contributed by atoms with Crippen molar-refractivity contribution in [2.75, 3.05) is 0 Å². The second-order valence-corrected chi connectivity index (χ2v) is 4.91. The number of piperidine rings is 1. The first-order valence-corrected chi connectivity index (χ1v) is 6.53. The topological polar surface area (TPSA) is 88.4 Å². The number of nitrogens with one attached hydrogen (secondary N) is 2. The molecule has 1 fully saturated rings. The molecule has 2 amide bonds. The van der Waals surface area contributed by atoms with Gasteiger partial charge in [0.15, 0.2) is 11.3 Å². The number of hydrogen-bond donors (Lipinski definition) is 2. The summed E-state index contributed by atoms with van der Waals surface area (Å²) < 4.78 is 1.74. The number of amides is 2. The lowest BCUT2D eigenvalue weighted by Gasteiger charge is -2.30. The zero-order valence-electron chi connectivity index (χ0n) is 11.0. The van der Waals surface area contributed by atoms with Gasteiger partial charge in [-0.05, 0) is 13.3 Å². The third-order valence-electron chi connectivity index (χ3n) is 3.52. The Bertz CT molecular complexity index is 666. The maximum absolute atomic E-state index is 12.3. The van der Waals surface area contributed by atoms with E-state index < -0.39 is 0 Å². The third-order valence-corrected chi connectivity index (χ3v) is 3.52. The highest BCUT2D eigenvalue weighted by atomic mass is 16.2. The van der Waals surface area contributed by atoms with Crippen molar-refractivity contribution < 1.29 is 9.59 Å². The van der Waals surface area contributed by atoms with Crippen LogP contribution in [0.15, 0.2) is 24.8 Å². The van der Waals surface area contributed by atoms with Gasteiger partial charge in [0.05, 0.1) is 0 Å². The molecule has 7 nitrogen and oxygen atoms in total. The zero-order chi connectivity index (χ0) is 14.1. The van der Waals surface area contributed by atoms with E-state index in [0.717, 1.165) is 0 Å². The van der Waals surface area contributed by atoms with Crippen molar-refractivity contribution >= 4 is 17.5 Å². The molecule has 20 heavy (non-hydrogen) atoms. The molecule has 2 atom stereocenters. The summed E-state index contributed by atoms with van der Waals surface area (Å²) in [5.74, 6) is -0.244. The van der Waals surface area contributed by atoms with Gasteiger partial charge >= 0.3 is 0 Å². The second kappa shape index (κ2) is 4.92. The minimum Gasteiger partial charge on any atom is -0.352 e. The Labute approximate surface area is 115 Å². The molecule has 3 heterocycles. The van der Waals surface area contributed by atoms with E-state index >= 15 is 0 Å². The van der Waals surface area contributed by atoms with E-state index in [1.54, 1.807) is 29.2 Å². The number of nitrogens with zero attached hydrogens (tertiary/aromatic N) is 3. The number of fused-ring (bicyclic) bond motifs is 1. The molecule has 2 N–H and O–H groups in total. The highest BCUT2D eigenvalue weighted by Gasteiger charge is 2.27. The molecule has 0 bridgehead atoms. The van der Waals surface area contributed by atoms with Gasteiger partial charge in [0.2, 0.25) is 5.91 Å². The summed E-state index contributed by atoms with van der Waals surface area (Å²) in [6.07, 6.45) is 7.75. The number of imidazole rings is 1. The quantitative estimate of drug-likeness (QED) is 0.814. The van der Waals surface area contributed by atoms with E-state index in [2.05, 4.69) is 20.6 Å². The summed E-state index contributed by atoms with van der Waals surface area (Å²) in [4.78, 5) is 31.8. The SMILES string of the molecule is CC1NC(=O)CCC1NC(=O)c1nccn2ccnc12. The van der Waals surface area contributed by atoms with Crippen LogP contribution in [-0.4, -0.2) is 38.3 Å². The van der Waals surface area contributed by atoms with Crippen LogP contribution in [0.5, 0.6) is 0 Å². The molecule has 2 aromatic heterocycles. The van der Waals surface area contributed by atoms with Gasteiger partial charge < -0.3 is 15.0 Å². The van der Waals surface area contributed by atoms with E-state index in [-0.39, 0.29) is 23.9 Å². The molecule has 0 spiro atoms. The van der Waals surface area contributed by atoms with Crippen molar-refractivity contribution in [1.29, 1.82) is 0 Å². The Morgan fingerprint density at radius 1 is 1.40 bits per heavy atom. The Balaban J connectivity index is 1.79. The van der Waals surface area contributed by atoms with E-state index in [1.807, 2.05) is 6.92 Å². The average molecular weight is 273 g/mol. The molecule has 0 saturated carbocycles. The normalized spacial score (nSPS) is 22.6. The van der Waals surface area contributed by atoms with Crippen molar-refractivity contribution in [1.82, 2.24) is 25.0 Å². The molecule has 1 aliphatic heterocycles. The molecule has 7 heteroatoms. The van der Waals surface area contributed by atoms with Crippen LogP contribution in [-0.2, 0) is 4.79 Å². The Morgan fingerprint density at radius 3 is 2.90 bits per heavy atom. The van der Waals surface area contributed by atoms with Crippen LogP contribution in [0.4, 0.5) is 0 Å². The van der Waals surface area contributed by atoms with Gasteiger partial charge in [-0.1, -0.05) is 0 Å². The van der Waals surface area contributed by atoms with Gasteiger partial charge in [0, 0.05) is 43.3 Å². The van der Waals surface area contributed by atoms with Gasteiger partial charge in [-0.25, -0.2) is 9.97 Å². The largest absolute Gasteiger partial charge is 0.352 e. The smallest absolute Gasteiger partial charge is 0.274 e. The molecule has 0 aliphatic carbocycles. The number of carbonyl (C=O) groups excluding carboxylic acids is 2. The summed E-state index contributed by atoms with van der Waals surface area (Å²) in [5, 5.41) is 5.74. The summed E-state index contributed by atoms with van der Waals surface area (Å²) in [6, 6.07) is -0.170. The van der Waals surface area contributed by atoms with Crippen molar-refractivity contribution in [3.63, 3.8) is 0 Å². The maximum atomic E-state index is 12.3. The van der Waals surface area contributed by atoms with Gasteiger partial charge in [-0.15, -0.1) is 0 Å². The van der Waals surface area contributed by atoms with Crippen LogP contribution in [0.25, 0.3) is 5.65 Å². The van der Waals surface area contributed by atoms with Gasteiger partial charge in [0.25, 0.3) is 5.91 Å². The number of rotatable bonds is 2. The molecule has 0 radical (unpaired) electrons. The van der Waals surface area contributed by atoms with E-state index in [1.165, 1.54) is 0 Å². The van der Waals surface area contributed by atoms with Gasteiger partial charge in [-0.3, -0.25) is 9.59 Å². The molecular weight excluding hydrogens is 258 g/mol. The predicted molar refractivity (Wildman–Crippen MR) is 71.1 cm³/mol. The van der Waals surface area contributed by atoms with Crippen LogP contribution in [0.3, 0.4) is 0 Å². The molecule has 3 rings (SSSR count). The highest BCUT2D eigenvalue weighted by Crippen LogP contribution is 2.11. The summed E-state index contributed by atoms with van der Waals surface area (Å²) in [7, 11) is 0. The monoisotopic (exact) mass is 273 g/mol. The Hall–Kier alpha value is -2.44. The van der Waals surface area contributed by atoms with Crippen molar-refractivity contribution in [2.45, 2.75) is 31.8 Å². The highest BCUT2D eigenvalue weighted by molar-refractivity contribution is 5.98. The molecule has 0 aromatic carbocycles. The van der Waals surface area contributed by atoms with Crippen molar-refractivity contribution in [2.24, 2.45) is 0 Å². The summed E-state index contributed by atoms with van der Waals surface area (Å²) in [5.41, 5.74) is 0.819. The fourth-order valence-corrected chi connectivity index (χ4v) is 2.41. The standard InChI is InChI=1S/C13H15N5O2/c1-8-9(2-3-10(19)16-8)17-13(20)11-12-15-5-7-18(12)6-4-14-11/h4-9H,2-3H2,1H3,(H,16,19)(H,17,20). The van der Waals surface area contributed by atoms with Crippen molar-refractivity contribution in [3.05, 3.63) is 30.5 Å². The zero-order valence-corrected chi connectivity index (χ0v) is 11.0. The van der Waals surface area contributed by atoms with E-state index in [0.29, 0.717) is 24.2 Å². The molecule has 104 valence electrons. The van der Waals surface area contributed by atoms with Crippen LogP contribution in [0, 0.1) is 0 Å². The van der Waals surface area contributed by atoms with Crippen LogP contribution in [0.1, 0.15) is 30.3 Å². The number of hydrogen-bond acceptors (Lipinski definition) is 4. The Kier molecular flexibility index (Phi) is 3.09. The minimum absolute atomic E-state index is 0.0245. The number of carbonyl (C=O) groups is 2. The van der Waals surface area contributed by atoms with Crippen LogP contribution >= 0.6 is 0 Å². The van der Waals surface area contributed by atoms with Gasteiger partial charge in [-0.2, -0.15) is 0 Å². The molecule has 2 unspecified atom stereocenters. The number of aromatic nitrogens is 3. The van der Waals surface area contributed by atoms with Crippen LogP contribution in [0.2, 0.25) is 0 Å². The lowest BCUT2D eigenvalue weighted by molar-refractivity contribution is -0.123. The molecule has 1 saturated heterocycles. The fraction of sp³-hybridized carbons (Fsp3) is 0.385.